The van der Waals surface area contributed by atoms with Gasteiger partial charge in [0, 0.05) is 18.0 Å². The Bertz CT molecular complexity index is 686. The van der Waals surface area contributed by atoms with E-state index in [1.165, 1.54) is 5.56 Å². The van der Waals surface area contributed by atoms with Crippen molar-refractivity contribution in [1.29, 1.82) is 0 Å². The summed E-state index contributed by atoms with van der Waals surface area (Å²) in [4.78, 5) is 8.95. The van der Waals surface area contributed by atoms with Crippen LogP contribution in [0.2, 0.25) is 0 Å². The van der Waals surface area contributed by atoms with E-state index in [1.807, 2.05) is 0 Å². The van der Waals surface area contributed by atoms with Crippen molar-refractivity contribution in [3.05, 3.63) is 53.7 Å². The second-order valence-electron chi connectivity index (χ2n) is 7.63. The zero-order chi connectivity index (χ0) is 19.0. The highest BCUT2D eigenvalue weighted by Crippen LogP contribution is 2.22. The molecule has 1 aromatic carbocycles. The molecule has 1 atom stereocenters. The van der Waals surface area contributed by atoms with E-state index < -0.39 is 0 Å². The fourth-order valence-electron chi connectivity index (χ4n) is 2.53. The maximum absolute atomic E-state index is 5.81. The van der Waals surface area contributed by atoms with Crippen LogP contribution in [0.4, 0.5) is 0 Å². The van der Waals surface area contributed by atoms with Crippen LogP contribution in [0.5, 0.6) is 0 Å². The Morgan fingerprint density at radius 1 is 1.23 bits per heavy atom. The molecule has 1 heterocycles. The maximum atomic E-state index is 5.81. The summed E-state index contributed by atoms with van der Waals surface area (Å²) < 4.78 is 5.81. The number of nitrogens with zero attached hydrogens (tertiary/aromatic N) is 2. The first kappa shape index (κ1) is 20.0. The third kappa shape index (κ3) is 6.54. The van der Waals surface area contributed by atoms with E-state index in [1.54, 1.807) is 6.20 Å². The van der Waals surface area contributed by atoms with Crippen LogP contribution in [0.25, 0.3) is 0 Å². The fraction of sp³-hybridized carbons (Fsp3) is 0.524. The van der Waals surface area contributed by atoms with E-state index in [0.29, 0.717) is 18.5 Å². The first-order valence-corrected chi connectivity index (χ1v) is 9.42. The number of oxazole rings is 1. The van der Waals surface area contributed by atoms with Crippen LogP contribution in [-0.2, 0) is 18.4 Å². The second-order valence-corrected chi connectivity index (χ2v) is 7.63. The Morgan fingerprint density at radius 2 is 1.96 bits per heavy atom. The summed E-state index contributed by atoms with van der Waals surface area (Å²) in [5, 5.41) is 6.75. The van der Waals surface area contributed by atoms with Gasteiger partial charge in [-0.05, 0) is 32.3 Å². The van der Waals surface area contributed by atoms with Crippen molar-refractivity contribution < 1.29 is 4.42 Å². The van der Waals surface area contributed by atoms with Crippen LogP contribution in [0.3, 0.4) is 0 Å². The molecular formula is C21H32N4O. The Hall–Kier alpha value is -2.30. The molecule has 0 aliphatic rings. The molecule has 0 radical (unpaired) electrons. The van der Waals surface area contributed by atoms with Gasteiger partial charge in [0.05, 0.1) is 6.20 Å². The van der Waals surface area contributed by atoms with Crippen molar-refractivity contribution in [3.63, 3.8) is 0 Å². The predicted molar refractivity (Wildman–Crippen MR) is 107 cm³/mol. The van der Waals surface area contributed by atoms with Crippen LogP contribution >= 0.6 is 0 Å². The number of aryl methyl sites for hydroxylation is 1. The molecule has 0 aliphatic heterocycles. The summed E-state index contributed by atoms with van der Waals surface area (Å²) in [6.07, 6.45) is 3.89. The van der Waals surface area contributed by atoms with E-state index in [9.17, 15) is 0 Å². The molecule has 0 aliphatic carbocycles. The first-order chi connectivity index (χ1) is 12.4. The minimum absolute atomic E-state index is 0.0380. The number of rotatable bonds is 7. The number of nitrogens with one attached hydrogen (secondary N) is 2. The fourth-order valence-corrected chi connectivity index (χ4v) is 2.53. The quantitative estimate of drug-likeness (QED) is 0.580. The molecule has 0 spiro atoms. The molecule has 0 amide bonds. The highest BCUT2D eigenvalue weighted by Gasteiger charge is 2.19. The lowest BCUT2D eigenvalue weighted by molar-refractivity contribution is 0.383. The van der Waals surface area contributed by atoms with Crippen LogP contribution < -0.4 is 10.6 Å². The van der Waals surface area contributed by atoms with Gasteiger partial charge in [-0.15, -0.1) is 0 Å². The van der Waals surface area contributed by atoms with Gasteiger partial charge in [0.25, 0.3) is 0 Å². The normalized spacial score (nSPS) is 13.5. The lowest BCUT2D eigenvalue weighted by Gasteiger charge is -2.17. The Balaban J connectivity index is 1.90. The average Bonchev–Trinajstić information content (AvgIpc) is 3.08. The summed E-state index contributed by atoms with van der Waals surface area (Å²) in [5.74, 6) is 2.32. The van der Waals surface area contributed by atoms with E-state index >= 15 is 0 Å². The van der Waals surface area contributed by atoms with Gasteiger partial charge in [-0.3, -0.25) is 0 Å². The predicted octanol–water partition coefficient (Wildman–Crippen LogP) is 4.05. The average molecular weight is 357 g/mol. The molecule has 1 aromatic heterocycles. The molecule has 0 saturated carbocycles. The summed E-state index contributed by atoms with van der Waals surface area (Å²) >= 11 is 0. The van der Waals surface area contributed by atoms with Crippen molar-refractivity contribution >= 4 is 5.96 Å². The highest BCUT2D eigenvalue weighted by atomic mass is 16.4. The Morgan fingerprint density at radius 3 is 2.58 bits per heavy atom. The molecule has 1 unspecified atom stereocenters. The molecule has 2 aromatic rings. The van der Waals surface area contributed by atoms with Crippen molar-refractivity contribution in [2.45, 2.75) is 65.5 Å². The van der Waals surface area contributed by atoms with Crippen molar-refractivity contribution in [2.24, 2.45) is 4.99 Å². The molecule has 5 heteroatoms. The smallest absolute Gasteiger partial charge is 0.216 e. The van der Waals surface area contributed by atoms with Crippen LogP contribution in [0.1, 0.15) is 58.3 Å². The monoisotopic (exact) mass is 356 g/mol. The first-order valence-electron chi connectivity index (χ1n) is 9.42. The maximum Gasteiger partial charge on any atom is 0.216 e. The largest absolute Gasteiger partial charge is 0.443 e. The Kier molecular flexibility index (Phi) is 7.25. The summed E-state index contributed by atoms with van der Waals surface area (Å²) in [6, 6.07) is 10.9. The van der Waals surface area contributed by atoms with E-state index in [2.05, 4.69) is 85.6 Å². The van der Waals surface area contributed by atoms with Gasteiger partial charge >= 0.3 is 0 Å². The lowest BCUT2D eigenvalue weighted by atomic mass is 9.94. The molecule has 0 bridgehead atoms. The molecule has 2 rings (SSSR count). The highest BCUT2D eigenvalue weighted by molar-refractivity contribution is 5.79. The standard InChI is InChI=1S/C21H32N4O/c1-6-22-20(24-15-19-23-14-18(26-19)21(3,4)5)25-16(2)12-13-17-10-8-7-9-11-17/h7-11,14,16H,6,12-13,15H2,1-5H3,(H2,22,24,25). The number of hydrogen-bond acceptors (Lipinski definition) is 3. The Labute approximate surface area is 157 Å². The minimum Gasteiger partial charge on any atom is -0.443 e. The van der Waals surface area contributed by atoms with Crippen molar-refractivity contribution in [2.75, 3.05) is 6.54 Å². The van der Waals surface area contributed by atoms with E-state index in [0.717, 1.165) is 31.1 Å². The molecule has 26 heavy (non-hydrogen) atoms. The van der Waals surface area contributed by atoms with Gasteiger partial charge in [0.2, 0.25) is 5.89 Å². The van der Waals surface area contributed by atoms with Crippen molar-refractivity contribution in [3.8, 4) is 0 Å². The summed E-state index contributed by atoms with van der Waals surface area (Å²) in [6.45, 7) is 11.8. The third-order valence-corrected chi connectivity index (χ3v) is 4.10. The SMILES string of the molecule is CCNC(=NCc1ncc(C(C)(C)C)o1)NC(C)CCc1ccccc1. The number of hydrogen-bond donors (Lipinski definition) is 2. The molecular weight excluding hydrogens is 324 g/mol. The molecule has 5 nitrogen and oxygen atoms in total. The number of aliphatic imine (C=N–C) groups is 1. The molecule has 0 saturated heterocycles. The number of benzene rings is 1. The van der Waals surface area contributed by atoms with Crippen LogP contribution in [0, 0.1) is 0 Å². The summed E-state index contributed by atoms with van der Waals surface area (Å²) in [7, 11) is 0. The minimum atomic E-state index is -0.0380. The zero-order valence-electron chi connectivity index (χ0n) is 16.7. The third-order valence-electron chi connectivity index (χ3n) is 4.10. The topological polar surface area (TPSA) is 62.5 Å². The number of aromatic nitrogens is 1. The lowest BCUT2D eigenvalue weighted by Crippen LogP contribution is -2.42. The second kappa shape index (κ2) is 9.41. The van der Waals surface area contributed by atoms with Crippen molar-refractivity contribution in [1.82, 2.24) is 15.6 Å². The van der Waals surface area contributed by atoms with Gasteiger partial charge in [0.15, 0.2) is 5.96 Å². The summed E-state index contributed by atoms with van der Waals surface area (Å²) in [5.41, 5.74) is 1.32. The van der Waals surface area contributed by atoms with Gasteiger partial charge in [-0.1, -0.05) is 51.1 Å². The molecule has 2 N–H and O–H groups in total. The molecule has 142 valence electrons. The van der Waals surface area contributed by atoms with Gasteiger partial charge in [-0.2, -0.15) is 0 Å². The zero-order valence-corrected chi connectivity index (χ0v) is 16.7. The number of guanidine groups is 1. The van der Waals surface area contributed by atoms with E-state index in [-0.39, 0.29) is 5.41 Å². The molecule has 0 fully saturated rings. The van der Waals surface area contributed by atoms with Gasteiger partial charge in [-0.25, -0.2) is 9.98 Å². The van der Waals surface area contributed by atoms with Crippen LogP contribution in [-0.4, -0.2) is 23.5 Å². The van der Waals surface area contributed by atoms with Gasteiger partial charge < -0.3 is 15.1 Å². The van der Waals surface area contributed by atoms with Crippen LogP contribution in [0.15, 0.2) is 45.9 Å². The van der Waals surface area contributed by atoms with E-state index in [4.69, 9.17) is 4.42 Å². The van der Waals surface area contributed by atoms with Gasteiger partial charge in [0.1, 0.15) is 12.3 Å².